The number of amides is 1. The van der Waals surface area contributed by atoms with Gasteiger partial charge in [0.05, 0.1) is 25.0 Å². The highest BCUT2D eigenvalue weighted by molar-refractivity contribution is 5.77. The molecule has 0 bridgehead atoms. The van der Waals surface area contributed by atoms with Crippen LogP contribution in [0.4, 0.5) is 0 Å². The minimum absolute atomic E-state index is 0.0832. The Kier molecular flexibility index (Phi) is 4.55. The van der Waals surface area contributed by atoms with Crippen LogP contribution in [0.5, 0.6) is 0 Å². The standard InChI is InChI=1S/C12H17N3O/c1-4-6-7-12(16)15(5-2)9-11-8-13-10-14(11)3/h6,8,10H,1,5,7,9H2,2-3H3. The van der Waals surface area contributed by atoms with Crippen molar-refractivity contribution >= 4 is 5.91 Å². The molecule has 1 aromatic rings. The van der Waals surface area contributed by atoms with E-state index in [9.17, 15) is 4.79 Å². The van der Waals surface area contributed by atoms with Crippen LogP contribution in [0.1, 0.15) is 19.0 Å². The van der Waals surface area contributed by atoms with Crippen LogP contribution in [-0.2, 0) is 18.4 Å². The number of hydrogen-bond donors (Lipinski definition) is 0. The highest BCUT2D eigenvalue weighted by atomic mass is 16.2. The number of carbonyl (C=O) groups excluding carboxylic acids is 1. The molecule has 0 spiro atoms. The molecule has 0 fully saturated rings. The summed E-state index contributed by atoms with van der Waals surface area (Å²) >= 11 is 0. The molecule has 0 N–H and O–H groups in total. The van der Waals surface area contributed by atoms with Crippen LogP contribution < -0.4 is 0 Å². The lowest BCUT2D eigenvalue weighted by Gasteiger charge is -2.20. The second-order valence-electron chi connectivity index (χ2n) is 3.52. The van der Waals surface area contributed by atoms with E-state index in [4.69, 9.17) is 0 Å². The Morgan fingerprint density at radius 2 is 2.50 bits per heavy atom. The van der Waals surface area contributed by atoms with E-state index >= 15 is 0 Å². The third-order valence-corrected chi connectivity index (χ3v) is 2.42. The lowest BCUT2D eigenvalue weighted by atomic mass is 10.3. The van der Waals surface area contributed by atoms with Crippen molar-refractivity contribution in [2.75, 3.05) is 6.54 Å². The Bertz CT molecular complexity index is 402. The Morgan fingerprint density at radius 3 is 3.00 bits per heavy atom. The first-order chi connectivity index (χ1) is 7.69. The SMILES string of the molecule is C=C=CCC(=O)N(CC)Cc1cncn1C. The minimum Gasteiger partial charge on any atom is -0.337 e. The van der Waals surface area contributed by atoms with Gasteiger partial charge in [-0.1, -0.05) is 6.58 Å². The molecule has 1 aromatic heterocycles. The van der Waals surface area contributed by atoms with Crippen molar-refractivity contribution in [2.24, 2.45) is 7.05 Å². The summed E-state index contributed by atoms with van der Waals surface area (Å²) < 4.78 is 1.92. The molecule has 0 aliphatic rings. The van der Waals surface area contributed by atoms with Gasteiger partial charge in [0.1, 0.15) is 0 Å². The minimum atomic E-state index is 0.0832. The largest absolute Gasteiger partial charge is 0.337 e. The Morgan fingerprint density at radius 1 is 1.75 bits per heavy atom. The lowest BCUT2D eigenvalue weighted by Crippen LogP contribution is -2.30. The second kappa shape index (κ2) is 5.93. The first-order valence-electron chi connectivity index (χ1n) is 5.26. The molecule has 0 atom stereocenters. The van der Waals surface area contributed by atoms with Crippen molar-refractivity contribution in [1.82, 2.24) is 14.5 Å². The van der Waals surface area contributed by atoms with Crippen LogP contribution in [0, 0.1) is 0 Å². The Balaban J connectivity index is 2.65. The predicted octanol–water partition coefficient (Wildman–Crippen LogP) is 1.50. The van der Waals surface area contributed by atoms with Gasteiger partial charge in [-0.2, -0.15) is 0 Å². The molecule has 0 radical (unpaired) electrons. The average molecular weight is 219 g/mol. The molecular formula is C12H17N3O. The van der Waals surface area contributed by atoms with E-state index < -0.39 is 0 Å². The molecule has 4 nitrogen and oxygen atoms in total. The summed E-state index contributed by atoms with van der Waals surface area (Å²) in [6, 6.07) is 0. The van der Waals surface area contributed by atoms with Gasteiger partial charge in [0, 0.05) is 19.8 Å². The first kappa shape index (κ1) is 12.3. The van der Waals surface area contributed by atoms with Gasteiger partial charge in [0.25, 0.3) is 0 Å². The molecule has 16 heavy (non-hydrogen) atoms. The molecule has 86 valence electrons. The zero-order valence-electron chi connectivity index (χ0n) is 9.81. The number of nitrogens with zero attached hydrogens (tertiary/aromatic N) is 3. The lowest BCUT2D eigenvalue weighted by molar-refractivity contribution is -0.130. The number of carbonyl (C=O) groups is 1. The summed E-state index contributed by atoms with van der Waals surface area (Å²) in [6.07, 6.45) is 5.51. The van der Waals surface area contributed by atoms with Gasteiger partial charge in [0.2, 0.25) is 5.91 Å². The number of aryl methyl sites for hydroxylation is 1. The second-order valence-corrected chi connectivity index (χ2v) is 3.52. The summed E-state index contributed by atoms with van der Waals surface area (Å²) in [5.74, 6) is 0.0832. The van der Waals surface area contributed by atoms with Crippen LogP contribution in [0.25, 0.3) is 0 Å². The van der Waals surface area contributed by atoms with Gasteiger partial charge in [-0.15, -0.1) is 5.73 Å². The van der Waals surface area contributed by atoms with E-state index in [0.717, 1.165) is 5.69 Å². The maximum Gasteiger partial charge on any atom is 0.227 e. The fraction of sp³-hybridized carbons (Fsp3) is 0.417. The molecule has 1 heterocycles. The Hall–Kier alpha value is -1.80. The normalized spacial score (nSPS) is 9.62. The van der Waals surface area contributed by atoms with Gasteiger partial charge < -0.3 is 9.47 Å². The van der Waals surface area contributed by atoms with Crippen molar-refractivity contribution < 1.29 is 4.79 Å². The smallest absolute Gasteiger partial charge is 0.227 e. The highest BCUT2D eigenvalue weighted by Crippen LogP contribution is 2.04. The average Bonchev–Trinajstić information content (AvgIpc) is 2.68. The maximum absolute atomic E-state index is 11.8. The monoisotopic (exact) mass is 219 g/mol. The zero-order chi connectivity index (χ0) is 12.0. The third-order valence-electron chi connectivity index (χ3n) is 2.42. The van der Waals surface area contributed by atoms with E-state index in [1.165, 1.54) is 0 Å². The first-order valence-corrected chi connectivity index (χ1v) is 5.26. The van der Waals surface area contributed by atoms with Gasteiger partial charge >= 0.3 is 0 Å². The fourth-order valence-electron chi connectivity index (χ4n) is 1.40. The molecule has 4 heteroatoms. The van der Waals surface area contributed by atoms with Crippen molar-refractivity contribution in [1.29, 1.82) is 0 Å². The summed E-state index contributed by atoms with van der Waals surface area (Å²) in [7, 11) is 1.92. The molecular weight excluding hydrogens is 202 g/mol. The van der Waals surface area contributed by atoms with E-state index in [0.29, 0.717) is 19.5 Å². The Labute approximate surface area is 95.9 Å². The van der Waals surface area contributed by atoms with Gasteiger partial charge in [-0.3, -0.25) is 4.79 Å². The molecule has 1 amide bonds. The van der Waals surface area contributed by atoms with Crippen molar-refractivity contribution in [2.45, 2.75) is 19.9 Å². The molecule has 0 aliphatic heterocycles. The van der Waals surface area contributed by atoms with Crippen LogP contribution in [0.15, 0.2) is 30.9 Å². The molecule has 0 saturated heterocycles. The van der Waals surface area contributed by atoms with Gasteiger partial charge in [-0.25, -0.2) is 4.98 Å². The quantitative estimate of drug-likeness (QED) is 0.704. The molecule has 0 aliphatic carbocycles. The highest BCUT2D eigenvalue weighted by Gasteiger charge is 2.11. The van der Waals surface area contributed by atoms with E-state index in [2.05, 4.69) is 17.3 Å². The summed E-state index contributed by atoms with van der Waals surface area (Å²) in [4.78, 5) is 17.6. The molecule has 0 aromatic carbocycles. The van der Waals surface area contributed by atoms with Gasteiger partial charge in [-0.05, 0) is 13.0 Å². The molecule has 0 saturated carbocycles. The van der Waals surface area contributed by atoms with Crippen molar-refractivity contribution in [3.05, 3.63) is 36.6 Å². The van der Waals surface area contributed by atoms with Crippen LogP contribution in [-0.4, -0.2) is 26.9 Å². The fourth-order valence-corrected chi connectivity index (χ4v) is 1.40. The maximum atomic E-state index is 11.8. The topological polar surface area (TPSA) is 38.1 Å². The van der Waals surface area contributed by atoms with Crippen LogP contribution >= 0.6 is 0 Å². The van der Waals surface area contributed by atoms with E-state index in [1.54, 1.807) is 23.5 Å². The van der Waals surface area contributed by atoms with Crippen LogP contribution in [0.3, 0.4) is 0 Å². The summed E-state index contributed by atoms with van der Waals surface area (Å²) in [5.41, 5.74) is 3.63. The molecule has 1 rings (SSSR count). The number of imidazole rings is 1. The molecule has 0 unspecified atom stereocenters. The number of hydrogen-bond acceptors (Lipinski definition) is 2. The number of rotatable bonds is 5. The van der Waals surface area contributed by atoms with Crippen molar-refractivity contribution in [3.8, 4) is 0 Å². The summed E-state index contributed by atoms with van der Waals surface area (Å²) in [6.45, 7) is 6.69. The summed E-state index contributed by atoms with van der Waals surface area (Å²) in [5, 5.41) is 0. The third kappa shape index (κ3) is 3.11. The zero-order valence-corrected chi connectivity index (χ0v) is 9.81. The predicted molar refractivity (Wildman–Crippen MR) is 62.6 cm³/mol. The number of aromatic nitrogens is 2. The van der Waals surface area contributed by atoms with Crippen LogP contribution in [0.2, 0.25) is 0 Å². The van der Waals surface area contributed by atoms with Crippen molar-refractivity contribution in [3.63, 3.8) is 0 Å². The van der Waals surface area contributed by atoms with Gasteiger partial charge in [0.15, 0.2) is 0 Å². The van der Waals surface area contributed by atoms with E-state index in [1.807, 2.05) is 18.5 Å². The van der Waals surface area contributed by atoms with E-state index in [-0.39, 0.29) is 5.91 Å².